The molecule has 2 aliphatic rings. The van der Waals surface area contributed by atoms with E-state index in [1.165, 1.54) is 12.1 Å². The summed E-state index contributed by atoms with van der Waals surface area (Å²) in [5.74, 6) is -0.180. The molecule has 2 heterocycles. The molecule has 0 aliphatic carbocycles. The third kappa shape index (κ3) is 3.39. The predicted octanol–water partition coefficient (Wildman–Crippen LogP) is 1.48. The smallest absolute Gasteiger partial charge is 0.230 e. The van der Waals surface area contributed by atoms with E-state index >= 15 is 0 Å². The van der Waals surface area contributed by atoms with Gasteiger partial charge in [-0.1, -0.05) is 12.1 Å². The van der Waals surface area contributed by atoms with Gasteiger partial charge in [0, 0.05) is 26.3 Å². The fourth-order valence-electron chi connectivity index (χ4n) is 3.32. The molecule has 0 spiro atoms. The Bertz CT molecular complexity index is 543. The van der Waals surface area contributed by atoms with Crippen molar-refractivity contribution in [1.82, 2.24) is 4.90 Å². The van der Waals surface area contributed by atoms with Crippen molar-refractivity contribution in [3.63, 3.8) is 0 Å². The number of hydrogen-bond acceptors (Lipinski definition) is 4. The minimum absolute atomic E-state index is 0.0960. The quantitative estimate of drug-likeness (QED) is 0.915. The lowest BCUT2D eigenvalue weighted by Gasteiger charge is -2.41. The summed E-state index contributed by atoms with van der Waals surface area (Å²) in [5, 5.41) is 0. The van der Waals surface area contributed by atoms with Crippen LogP contribution < -0.4 is 5.73 Å². The van der Waals surface area contributed by atoms with Crippen LogP contribution in [-0.4, -0.2) is 50.3 Å². The summed E-state index contributed by atoms with van der Waals surface area (Å²) in [5.41, 5.74) is 6.31. The fourth-order valence-corrected chi connectivity index (χ4v) is 3.32. The number of morpholine rings is 1. The van der Waals surface area contributed by atoms with Crippen molar-refractivity contribution in [3.8, 4) is 0 Å². The monoisotopic (exact) mass is 322 g/mol. The van der Waals surface area contributed by atoms with Crippen LogP contribution in [0.5, 0.6) is 0 Å². The number of carbonyl (C=O) groups excluding carboxylic acids is 1. The summed E-state index contributed by atoms with van der Waals surface area (Å²) >= 11 is 0. The zero-order valence-electron chi connectivity index (χ0n) is 13.2. The van der Waals surface area contributed by atoms with Gasteiger partial charge in [0.05, 0.1) is 18.6 Å². The largest absolute Gasteiger partial charge is 0.381 e. The lowest BCUT2D eigenvalue weighted by molar-refractivity contribution is -0.154. The Morgan fingerprint density at radius 2 is 1.96 bits per heavy atom. The van der Waals surface area contributed by atoms with Crippen LogP contribution in [-0.2, 0) is 14.3 Å². The minimum atomic E-state index is -0.511. The molecule has 2 saturated heterocycles. The highest BCUT2D eigenvalue weighted by atomic mass is 19.1. The molecule has 0 aromatic heterocycles. The lowest BCUT2D eigenvalue weighted by atomic mass is 9.78. The molecule has 1 atom stereocenters. The van der Waals surface area contributed by atoms with Gasteiger partial charge in [-0.25, -0.2) is 4.39 Å². The molecule has 0 bridgehead atoms. The van der Waals surface area contributed by atoms with E-state index in [2.05, 4.69) is 0 Å². The first-order valence-corrected chi connectivity index (χ1v) is 8.09. The number of nitrogens with zero attached hydrogens (tertiary/aromatic N) is 1. The number of carbonyl (C=O) groups is 1. The number of amides is 1. The highest BCUT2D eigenvalue weighted by Crippen LogP contribution is 2.33. The highest BCUT2D eigenvalue weighted by molar-refractivity contribution is 5.83. The zero-order chi connectivity index (χ0) is 16.3. The first-order chi connectivity index (χ1) is 11.1. The van der Waals surface area contributed by atoms with Crippen molar-refractivity contribution in [2.24, 2.45) is 11.1 Å². The normalized spacial score (nSPS) is 24.4. The van der Waals surface area contributed by atoms with E-state index in [0.29, 0.717) is 52.3 Å². The topological polar surface area (TPSA) is 64.8 Å². The Morgan fingerprint density at radius 1 is 1.26 bits per heavy atom. The third-order valence-electron chi connectivity index (χ3n) is 4.89. The molecule has 6 heteroatoms. The van der Waals surface area contributed by atoms with Gasteiger partial charge in [0.25, 0.3) is 0 Å². The van der Waals surface area contributed by atoms with E-state index in [1.807, 2.05) is 4.90 Å². The fraction of sp³-hybridized carbons (Fsp3) is 0.588. The first kappa shape index (κ1) is 16.4. The van der Waals surface area contributed by atoms with Crippen LogP contribution in [0.1, 0.15) is 24.5 Å². The van der Waals surface area contributed by atoms with Crippen molar-refractivity contribution in [2.75, 3.05) is 39.5 Å². The molecule has 1 unspecified atom stereocenters. The van der Waals surface area contributed by atoms with E-state index in [4.69, 9.17) is 15.2 Å². The maximum absolute atomic E-state index is 13.1. The van der Waals surface area contributed by atoms with Crippen LogP contribution in [0.3, 0.4) is 0 Å². The van der Waals surface area contributed by atoms with E-state index in [1.54, 1.807) is 12.1 Å². The van der Waals surface area contributed by atoms with Gasteiger partial charge in [0.1, 0.15) is 11.9 Å². The molecule has 1 aromatic rings. The van der Waals surface area contributed by atoms with E-state index in [0.717, 1.165) is 5.56 Å². The number of ether oxygens (including phenoxy) is 2. The molecule has 2 aliphatic heterocycles. The Labute approximate surface area is 135 Å². The highest BCUT2D eigenvalue weighted by Gasteiger charge is 2.42. The van der Waals surface area contributed by atoms with Crippen molar-refractivity contribution >= 4 is 5.91 Å². The Hall–Kier alpha value is -1.50. The van der Waals surface area contributed by atoms with E-state index in [9.17, 15) is 9.18 Å². The van der Waals surface area contributed by atoms with Gasteiger partial charge in [-0.2, -0.15) is 0 Å². The molecule has 1 amide bonds. The Balaban J connectivity index is 1.72. The molecular formula is C17H23FN2O3. The minimum Gasteiger partial charge on any atom is -0.381 e. The summed E-state index contributed by atoms with van der Waals surface area (Å²) in [4.78, 5) is 14.9. The van der Waals surface area contributed by atoms with E-state index < -0.39 is 5.41 Å². The van der Waals surface area contributed by atoms with Gasteiger partial charge in [-0.05, 0) is 30.5 Å². The van der Waals surface area contributed by atoms with Crippen LogP contribution in [0.25, 0.3) is 0 Å². The number of hydrogen-bond donors (Lipinski definition) is 1. The Morgan fingerprint density at radius 3 is 2.61 bits per heavy atom. The predicted molar refractivity (Wildman–Crippen MR) is 83.2 cm³/mol. The number of halogens is 1. The average molecular weight is 322 g/mol. The molecule has 3 rings (SSSR count). The van der Waals surface area contributed by atoms with Crippen LogP contribution in [0.2, 0.25) is 0 Å². The number of rotatable bonds is 3. The second-order valence-corrected chi connectivity index (χ2v) is 6.26. The van der Waals surface area contributed by atoms with Crippen LogP contribution in [0.4, 0.5) is 4.39 Å². The van der Waals surface area contributed by atoms with Gasteiger partial charge in [-0.3, -0.25) is 4.79 Å². The van der Waals surface area contributed by atoms with Crippen LogP contribution in [0.15, 0.2) is 24.3 Å². The summed E-state index contributed by atoms with van der Waals surface area (Å²) in [6, 6.07) is 6.25. The molecule has 126 valence electrons. The molecule has 2 N–H and O–H groups in total. The summed E-state index contributed by atoms with van der Waals surface area (Å²) in [6.07, 6.45) is 1.12. The maximum atomic E-state index is 13.1. The van der Waals surface area contributed by atoms with Gasteiger partial charge < -0.3 is 20.1 Å². The van der Waals surface area contributed by atoms with Crippen molar-refractivity contribution in [2.45, 2.75) is 18.9 Å². The lowest BCUT2D eigenvalue weighted by Crippen LogP contribution is -2.54. The van der Waals surface area contributed by atoms with E-state index in [-0.39, 0.29) is 17.8 Å². The maximum Gasteiger partial charge on any atom is 0.230 e. The first-order valence-electron chi connectivity index (χ1n) is 8.09. The van der Waals surface area contributed by atoms with Crippen LogP contribution >= 0.6 is 0 Å². The third-order valence-corrected chi connectivity index (χ3v) is 4.89. The molecule has 23 heavy (non-hydrogen) atoms. The average Bonchev–Trinajstić information content (AvgIpc) is 2.62. The second kappa shape index (κ2) is 6.95. The summed E-state index contributed by atoms with van der Waals surface area (Å²) in [6.45, 7) is 3.02. The molecule has 5 nitrogen and oxygen atoms in total. The number of benzene rings is 1. The van der Waals surface area contributed by atoms with Gasteiger partial charge in [0.2, 0.25) is 5.91 Å². The second-order valence-electron chi connectivity index (χ2n) is 6.26. The Kier molecular flexibility index (Phi) is 4.94. The van der Waals surface area contributed by atoms with Gasteiger partial charge >= 0.3 is 0 Å². The summed E-state index contributed by atoms with van der Waals surface area (Å²) in [7, 11) is 0. The molecule has 2 fully saturated rings. The van der Waals surface area contributed by atoms with Gasteiger partial charge in [-0.15, -0.1) is 0 Å². The van der Waals surface area contributed by atoms with Crippen molar-refractivity contribution in [1.29, 1.82) is 0 Å². The zero-order valence-corrected chi connectivity index (χ0v) is 13.2. The van der Waals surface area contributed by atoms with Crippen molar-refractivity contribution in [3.05, 3.63) is 35.6 Å². The molecular weight excluding hydrogens is 299 g/mol. The van der Waals surface area contributed by atoms with Crippen LogP contribution in [0, 0.1) is 11.2 Å². The standard InChI is InChI=1S/C17H23FN2O3/c18-14-3-1-13(2-4-14)15-11-20(7-10-23-15)16(21)17(12-19)5-8-22-9-6-17/h1-4,15H,5-12,19H2. The molecule has 1 aromatic carbocycles. The summed E-state index contributed by atoms with van der Waals surface area (Å²) < 4.78 is 24.2. The van der Waals surface area contributed by atoms with Gasteiger partial charge in [0.15, 0.2) is 0 Å². The van der Waals surface area contributed by atoms with Crippen molar-refractivity contribution < 1.29 is 18.7 Å². The SMILES string of the molecule is NCC1(C(=O)N2CCOC(c3ccc(F)cc3)C2)CCOCC1. The molecule has 0 saturated carbocycles. The molecule has 0 radical (unpaired) electrons. The number of nitrogens with two attached hydrogens (primary N) is 1.